The van der Waals surface area contributed by atoms with E-state index in [2.05, 4.69) is 36.2 Å². The molecular weight excluding hydrogens is 578 g/mol. The first kappa shape index (κ1) is 33.0. The number of imidazole rings is 1. The molecule has 0 bridgehead atoms. The van der Waals surface area contributed by atoms with Crippen LogP contribution in [0, 0.1) is 0 Å². The molecule has 3 aromatic rings. The predicted molar refractivity (Wildman–Crippen MR) is 153 cm³/mol. The lowest BCUT2D eigenvalue weighted by Gasteiger charge is -2.25. The van der Waals surface area contributed by atoms with E-state index in [9.17, 15) is 38.7 Å². The fourth-order valence-corrected chi connectivity index (χ4v) is 4.49. The van der Waals surface area contributed by atoms with Gasteiger partial charge in [-0.05, 0) is 18.1 Å². The summed E-state index contributed by atoms with van der Waals surface area (Å²) in [6.45, 7) is 1.22. The van der Waals surface area contributed by atoms with Crippen LogP contribution in [0.25, 0.3) is 10.9 Å². The van der Waals surface area contributed by atoms with Gasteiger partial charge in [-0.3, -0.25) is 28.8 Å². The van der Waals surface area contributed by atoms with E-state index in [-0.39, 0.29) is 25.5 Å². The van der Waals surface area contributed by atoms with E-state index in [0.29, 0.717) is 11.3 Å². The minimum Gasteiger partial charge on any atom is -0.481 e. The van der Waals surface area contributed by atoms with Crippen molar-refractivity contribution in [2.24, 2.45) is 0 Å². The molecule has 234 valence electrons. The van der Waals surface area contributed by atoms with Crippen LogP contribution in [0.4, 0.5) is 0 Å². The quantitative estimate of drug-likeness (QED) is 0.0880. The van der Waals surface area contributed by atoms with E-state index in [4.69, 9.17) is 5.11 Å². The van der Waals surface area contributed by atoms with Gasteiger partial charge in [-0.1, -0.05) is 18.2 Å². The van der Waals surface area contributed by atoms with Crippen molar-refractivity contribution in [3.05, 3.63) is 54.2 Å². The van der Waals surface area contributed by atoms with Gasteiger partial charge in [0.05, 0.1) is 18.8 Å². The zero-order chi connectivity index (χ0) is 32.2. The van der Waals surface area contributed by atoms with Crippen molar-refractivity contribution >= 4 is 52.8 Å². The summed E-state index contributed by atoms with van der Waals surface area (Å²) in [6.07, 6.45) is 2.96. The van der Waals surface area contributed by atoms with Crippen molar-refractivity contribution in [3.63, 3.8) is 0 Å². The second-order valence-electron chi connectivity index (χ2n) is 10.0. The highest BCUT2D eigenvalue weighted by molar-refractivity contribution is 5.95. The first-order valence-electron chi connectivity index (χ1n) is 13.6. The third kappa shape index (κ3) is 9.78. The van der Waals surface area contributed by atoms with E-state index in [1.165, 1.54) is 19.4 Å². The number of fused-ring (bicyclic) bond motifs is 1. The number of hydrogen-bond donors (Lipinski definition) is 8. The number of nitrogens with zero attached hydrogens (tertiary/aromatic N) is 1. The summed E-state index contributed by atoms with van der Waals surface area (Å²) < 4.78 is 0. The molecule has 1 aromatic carbocycles. The fourth-order valence-electron chi connectivity index (χ4n) is 4.49. The van der Waals surface area contributed by atoms with Gasteiger partial charge in [0.25, 0.3) is 0 Å². The Kier molecular flexibility index (Phi) is 11.7. The number of aromatic nitrogens is 3. The molecule has 0 saturated heterocycles. The number of carboxylic acid groups (broad SMARTS) is 2. The van der Waals surface area contributed by atoms with Gasteiger partial charge in [0, 0.05) is 55.2 Å². The SMILES string of the molecule is CC(=O)N[C@@H](Cc1c[nH]c2ccccc12)C(=O)N[C@@H](CCC(=O)O)C(=O)N[C@@H](Cc1cnc[nH]1)C(=O)N[C@H](C=O)CC(=O)O. The van der Waals surface area contributed by atoms with Crippen molar-refractivity contribution < 1.29 is 43.8 Å². The fraction of sp³-hybridized carbons (Fsp3) is 0.357. The summed E-state index contributed by atoms with van der Waals surface area (Å²) in [7, 11) is 0. The third-order valence-electron chi connectivity index (χ3n) is 6.57. The molecule has 0 spiro atoms. The number of carbonyl (C=O) groups excluding carboxylic acids is 5. The van der Waals surface area contributed by atoms with Gasteiger partial charge in [0.2, 0.25) is 23.6 Å². The molecule has 4 amide bonds. The molecule has 0 aliphatic rings. The lowest BCUT2D eigenvalue weighted by Crippen LogP contribution is -2.58. The minimum absolute atomic E-state index is 0.0458. The first-order valence-corrected chi connectivity index (χ1v) is 13.6. The number of rotatable bonds is 17. The van der Waals surface area contributed by atoms with Gasteiger partial charge in [-0.2, -0.15) is 0 Å². The van der Waals surface area contributed by atoms with Crippen LogP contribution in [-0.2, 0) is 46.4 Å². The summed E-state index contributed by atoms with van der Waals surface area (Å²) in [5.74, 6) is -5.69. The number of aldehydes is 1. The number of carboxylic acids is 2. The van der Waals surface area contributed by atoms with Gasteiger partial charge in [-0.25, -0.2) is 4.98 Å². The monoisotopic (exact) mass is 611 g/mol. The van der Waals surface area contributed by atoms with Crippen LogP contribution in [0.3, 0.4) is 0 Å². The molecule has 3 rings (SSSR count). The molecule has 2 heterocycles. The molecule has 0 aliphatic carbocycles. The average molecular weight is 612 g/mol. The van der Waals surface area contributed by atoms with Crippen LogP contribution >= 0.6 is 0 Å². The highest BCUT2D eigenvalue weighted by Gasteiger charge is 2.31. The number of carbonyl (C=O) groups is 7. The van der Waals surface area contributed by atoms with Crippen molar-refractivity contribution in [1.82, 2.24) is 36.2 Å². The van der Waals surface area contributed by atoms with Gasteiger partial charge in [0.1, 0.15) is 24.4 Å². The molecule has 2 aromatic heterocycles. The van der Waals surface area contributed by atoms with E-state index in [1.54, 1.807) is 6.20 Å². The molecule has 8 N–H and O–H groups in total. The van der Waals surface area contributed by atoms with Crippen LogP contribution in [0.15, 0.2) is 43.0 Å². The number of aromatic amines is 2. The second kappa shape index (κ2) is 15.6. The van der Waals surface area contributed by atoms with Gasteiger partial charge in [0.15, 0.2) is 0 Å². The van der Waals surface area contributed by atoms with E-state index in [0.717, 1.165) is 10.9 Å². The number of benzene rings is 1. The molecule has 44 heavy (non-hydrogen) atoms. The van der Waals surface area contributed by atoms with Crippen molar-refractivity contribution in [2.75, 3.05) is 0 Å². The summed E-state index contributed by atoms with van der Waals surface area (Å²) in [5, 5.41) is 28.8. The zero-order valence-electron chi connectivity index (χ0n) is 23.7. The van der Waals surface area contributed by atoms with Crippen molar-refractivity contribution in [2.45, 2.75) is 63.2 Å². The number of H-pyrrole nitrogens is 2. The van der Waals surface area contributed by atoms with E-state index in [1.807, 2.05) is 24.3 Å². The molecule has 16 nitrogen and oxygen atoms in total. The Morgan fingerprint density at radius 3 is 2.16 bits per heavy atom. The Bertz CT molecular complexity index is 1500. The molecule has 4 atom stereocenters. The lowest BCUT2D eigenvalue weighted by atomic mass is 10.0. The van der Waals surface area contributed by atoms with Crippen LogP contribution in [-0.4, -0.2) is 91.2 Å². The summed E-state index contributed by atoms with van der Waals surface area (Å²) in [4.78, 5) is 95.3. The smallest absolute Gasteiger partial charge is 0.305 e. The normalized spacial score (nSPS) is 13.6. The van der Waals surface area contributed by atoms with Gasteiger partial charge < -0.3 is 46.2 Å². The predicted octanol–water partition coefficient (Wildman–Crippen LogP) is -0.826. The molecule has 0 unspecified atom stereocenters. The van der Waals surface area contributed by atoms with Crippen LogP contribution < -0.4 is 21.3 Å². The maximum atomic E-state index is 13.4. The zero-order valence-corrected chi connectivity index (χ0v) is 23.7. The summed E-state index contributed by atoms with van der Waals surface area (Å²) in [5.41, 5.74) is 1.93. The Balaban J connectivity index is 1.82. The topological polar surface area (TPSA) is 253 Å². The molecule has 0 fully saturated rings. The molecule has 16 heteroatoms. The standard InChI is InChI=1S/C28H33N7O9/c1-15(37)32-22(8-16-11-30-20-5-3-2-4-19(16)20)28(44)34-21(6-7-24(38)39)26(42)35-23(9-17-12-29-14-31-17)27(43)33-18(13-36)10-25(40)41/h2-5,11-14,18,21-23,30H,6-10H2,1H3,(H,29,31)(H,32,37)(H,33,43)(H,34,44)(H,35,42)(H,38,39)(H,40,41)/t18-,21-,22-,23-/m0/s1. The molecular formula is C28H33N7O9. The number of nitrogens with one attached hydrogen (secondary N) is 6. The Morgan fingerprint density at radius 1 is 0.864 bits per heavy atom. The Hall–Kier alpha value is -5.54. The van der Waals surface area contributed by atoms with E-state index < -0.39 is 72.6 Å². The van der Waals surface area contributed by atoms with Crippen molar-refractivity contribution in [1.29, 1.82) is 0 Å². The average Bonchev–Trinajstić information content (AvgIpc) is 3.63. The van der Waals surface area contributed by atoms with Gasteiger partial charge >= 0.3 is 11.9 Å². The minimum atomic E-state index is -1.45. The largest absolute Gasteiger partial charge is 0.481 e. The lowest BCUT2D eigenvalue weighted by molar-refractivity contribution is -0.140. The highest BCUT2D eigenvalue weighted by Crippen LogP contribution is 2.19. The Morgan fingerprint density at radius 2 is 1.52 bits per heavy atom. The van der Waals surface area contributed by atoms with Crippen LogP contribution in [0.2, 0.25) is 0 Å². The van der Waals surface area contributed by atoms with Crippen LogP contribution in [0.5, 0.6) is 0 Å². The summed E-state index contributed by atoms with van der Waals surface area (Å²) >= 11 is 0. The second-order valence-corrected chi connectivity index (χ2v) is 10.0. The maximum Gasteiger partial charge on any atom is 0.305 e. The third-order valence-corrected chi connectivity index (χ3v) is 6.57. The van der Waals surface area contributed by atoms with E-state index >= 15 is 0 Å². The number of aliphatic carboxylic acids is 2. The van der Waals surface area contributed by atoms with Gasteiger partial charge in [-0.15, -0.1) is 0 Å². The number of amides is 4. The maximum absolute atomic E-state index is 13.4. The molecule has 0 aliphatic heterocycles. The molecule has 0 saturated carbocycles. The number of hydrogen-bond acceptors (Lipinski definition) is 8. The Labute approximate surface area is 250 Å². The number of para-hydroxylation sites is 1. The van der Waals surface area contributed by atoms with Crippen molar-refractivity contribution in [3.8, 4) is 0 Å². The first-order chi connectivity index (χ1) is 21.0. The summed E-state index contributed by atoms with van der Waals surface area (Å²) in [6, 6.07) is 1.98. The molecule has 0 radical (unpaired) electrons. The highest BCUT2D eigenvalue weighted by atomic mass is 16.4. The van der Waals surface area contributed by atoms with Crippen LogP contribution in [0.1, 0.15) is 37.4 Å².